The maximum Gasteiger partial charge on any atom is 0.225 e. The Labute approximate surface area is 47.0 Å². The van der Waals surface area contributed by atoms with Gasteiger partial charge >= 0.3 is 0 Å². The van der Waals surface area contributed by atoms with Gasteiger partial charge in [0.25, 0.3) is 0 Å². The Balaban J connectivity index is 2.47. The largest absolute Gasteiger partial charge is 0.358 e. The van der Waals surface area contributed by atoms with Gasteiger partial charge in [0.1, 0.15) is 0 Å². The van der Waals surface area contributed by atoms with Crippen LogP contribution >= 0.6 is 0 Å². The summed E-state index contributed by atoms with van der Waals surface area (Å²) in [5, 5.41) is 18.1. The third kappa shape index (κ3) is 1.03. The first-order chi connectivity index (χ1) is 3.80. The smallest absolute Gasteiger partial charge is 0.225 e. The summed E-state index contributed by atoms with van der Waals surface area (Å²) in [5.41, 5.74) is 0. The number of rotatable bonds is 0. The molecule has 0 aromatic heterocycles. The quantitative estimate of drug-likeness (QED) is 0.445. The lowest BCUT2D eigenvalue weighted by Crippen LogP contribution is -2.34. The summed E-state index contributed by atoms with van der Waals surface area (Å²) in [7, 11) is 0. The van der Waals surface area contributed by atoms with Crippen molar-refractivity contribution in [1.29, 1.82) is 0 Å². The van der Waals surface area contributed by atoms with Gasteiger partial charge in [-0.2, -0.15) is 0 Å². The number of nitrogens with zero attached hydrogens (tertiary/aromatic N) is 2. The molecule has 0 fully saturated rings. The molecule has 0 spiro atoms. The summed E-state index contributed by atoms with van der Waals surface area (Å²) in [6.07, 6.45) is 1.26. The molecule has 0 saturated heterocycles. The first kappa shape index (κ1) is 5.68. The molecule has 4 nitrogen and oxygen atoms in total. The maximum atomic E-state index is 8.66. The first-order valence-corrected chi connectivity index (χ1v) is 2.46. The fourth-order valence-corrected chi connectivity index (χ4v) is 0.551. The van der Waals surface area contributed by atoms with Gasteiger partial charge in [0.2, 0.25) is 6.35 Å². The lowest BCUT2D eigenvalue weighted by Gasteiger charge is -2.19. The lowest BCUT2D eigenvalue weighted by molar-refractivity contribution is -0.193. The van der Waals surface area contributed by atoms with Crippen LogP contribution in [0, 0.1) is 0 Å². The predicted octanol–water partition coefficient (Wildman–Crippen LogP) is -0.572. The van der Waals surface area contributed by atoms with Crippen LogP contribution < -0.4 is 0 Å². The standard InChI is InChI=1S/C4H8N2O2/c7-4-5-2-1-3-6(4)8/h2,4,7-8H,1,3H2. The molecule has 0 aliphatic carbocycles. The Hall–Kier alpha value is -0.450. The molecule has 1 heterocycles. The maximum absolute atomic E-state index is 8.66. The van der Waals surface area contributed by atoms with E-state index in [0.717, 1.165) is 5.06 Å². The second-order valence-corrected chi connectivity index (χ2v) is 1.63. The molecule has 1 rings (SSSR count). The first-order valence-electron chi connectivity index (χ1n) is 2.46. The van der Waals surface area contributed by atoms with Crippen LogP contribution in [0.1, 0.15) is 6.42 Å². The van der Waals surface area contributed by atoms with Crippen molar-refractivity contribution in [2.45, 2.75) is 12.8 Å². The van der Waals surface area contributed by atoms with Crippen LogP contribution in [-0.4, -0.2) is 34.5 Å². The molecule has 8 heavy (non-hydrogen) atoms. The Morgan fingerprint density at radius 1 is 1.75 bits per heavy atom. The molecule has 0 saturated carbocycles. The average Bonchev–Trinajstić information content (AvgIpc) is 1.77. The van der Waals surface area contributed by atoms with E-state index >= 15 is 0 Å². The lowest BCUT2D eigenvalue weighted by atomic mass is 10.4. The zero-order chi connectivity index (χ0) is 5.98. The van der Waals surface area contributed by atoms with E-state index < -0.39 is 6.35 Å². The zero-order valence-electron chi connectivity index (χ0n) is 4.36. The zero-order valence-corrected chi connectivity index (χ0v) is 4.36. The second-order valence-electron chi connectivity index (χ2n) is 1.63. The molecule has 1 aliphatic heterocycles. The molecule has 1 unspecified atom stereocenters. The number of hydrogen-bond acceptors (Lipinski definition) is 4. The second kappa shape index (κ2) is 2.21. The molecule has 46 valence electrons. The minimum Gasteiger partial charge on any atom is -0.358 e. The van der Waals surface area contributed by atoms with Crippen molar-refractivity contribution in [2.24, 2.45) is 4.99 Å². The van der Waals surface area contributed by atoms with Crippen molar-refractivity contribution in [1.82, 2.24) is 5.06 Å². The van der Waals surface area contributed by atoms with Gasteiger partial charge < -0.3 is 10.3 Å². The van der Waals surface area contributed by atoms with E-state index in [-0.39, 0.29) is 0 Å². The highest BCUT2D eigenvalue weighted by Gasteiger charge is 2.12. The van der Waals surface area contributed by atoms with Crippen molar-refractivity contribution < 1.29 is 10.3 Å². The minimum absolute atomic E-state index is 0.463. The number of aliphatic hydroxyl groups is 1. The summed E-state index contributed by atoms with van der Waals surface area (Å²) in [6, 6.07) is 0. The van der Waals surface area contributed by atoms with Gasteiger partial charge in [-0.1, -0.05) is 0 Å². The van der Waals surface area contributed by atoms with Gasteiger partial charge in [0.05, 0.1) is 0 Å². The number of aliphatic hydroxyl groups excluding tert-OH is 1. The van der Waals surface area contributed by atoms with Gasteiger partial charge in [-0.3, -0.25) is 0 Å². The van der Waals surface area contributed by atoms with E-state index in [4.69, 9.17) is 10.3 Å². The highest BCUT2D eigenvalue weighted by atomic mass is 16.5. The van der Waals surface area contributed by atoms with E-state index in [0.29, 0.717) is 13.0 Å². The van der Waals surface area contributed by atoms with Crippen LogP contribution in [0.2, 0.25) is 0 Å². The van der Waals surface area contributed by atoms with Crippen LogP contribution in [0.15, 0.2) is 4.99 Å². The summed E-state index contributed by atoms with van der Waals surface area (Å²) in [6.45, 7) is 0.463. The summed E-state index contributed by atoms with van der Waals surface area (Å²) < 4.78 is 0. The van der Waals surface area contributed by atoms with E-state index in [9.17, 15) is 0 Å². The van der Waals surface area contributed by atoms with Gasteiger partial charge in [0, 0.05) is 12.8 Å². The predicted molar refractivity (Wildman–Crippen MR) is 27.6 cm³/mol. The van der Waals surface area contributed by atoms with Crippen molar-refractivity contribution in [3.8, 4) is 0 Å². The van der Waals surface area contributed by atoms with Gasteiger partial charge in [-0.25, -0.2) is 4.99 Å². The monoisotopic (exact) mass is 116 g/mol. The summed E-state index contributed by atoms with van der Waals surface area (Å²) in [5.74, 6) is 0. The molecular formula is C4H8N2O2. The molecule has 1 aliphatic rings. The van der Waals surface area contributed by atoms with Crippen LogP contribution in [0.4, 0.5) is 0 Å². The van der Waals surface area contributed by atoms with E-state index in [1.807, 2.05) is 0 Å². The Kier molecular flexibility index (Phi) is 1.57. The highest BCUT2D eigenvalue weighted by molar-refractivity contribution is 5.58. The normalized spacial score (nSPS) is 31.0. The summed E-state index contributed by atoms with van der Waals surface area (Å²) in [4.78, 5) is 3.52. The van der Waals surface area contributed by atoms with E-state index in [1.54, 1.807) is 6.21 Å². The third-order valence-electron chi connectivity index (χ3n) is 0.993. The fourth-order valence-electron chi connectivity index (χ4n) is 0.551. The van der Waals surface area contributed by atoms with Gasteiger partial charge in [0.15, 0.2) is 0 Å². The molecule has 0 aromatic rings. The average molecular weight is 116 g/mol. The summed E-state index contributed by atoms with van der Waals surface area (Å²) >= 11 is 0. The Morgan fingerprint density at radius 2 is 2.50 bits per heavy atom. The molecule has 0 radical (unpaired) electrons. The Morgan fingerprint density at radius 3 is 2.88 bits per heavy atom. The Bertz CT molecular complexity index is 104. The van der Waals surface area contributed by atoms with E-state index in [2.05, 4.69) is 4.99 Å². The molecule has 0 aromatic carbocycles. The van der Waals surface area contributed by atoms with Crippen LogP contribution in [-0.2, 0) is 0 Å². The molecule has 0 amide bonds. The van der Waals surface area contributed by atoms with Gasteiger partial charge in [-0.05, 0) is 6.42 Å². The highest BCUT2D eigenvalue weighted by Crippen LogP contribution is 1.98. The molecule has 1 atom stereocenters. The number of hydroxylamine groups is 2. The minimum atomic E-state index is -1.04. The van der Waals surface area contributed by atoms with Gasteiger partial charge in [-0.15, -0.1) is 5.06 Å². The third-order valence-corrected chi connectivity index (χ3v) is 0.993. The molecule has 0 bridgehead atoms. The topological polar surface area (TPSA) is 56.1 Å². The SMILES string of the molecule is OC1N=CCCN1O. The van der Waals surface area contributed by atoms with Crippen molar-refractivity contribution >= 4 is 6.21 Å². The van der Waals surface area contributed by atoms with Crippen molar-refractivity contribution in [3.05, 3.63) is 0 Å². The van der Waals surface area contributed by atoms with Crippen LogP contribution in [0.5, 0.6) is 0 Å². The van der Waals surface area contributed by atoms with Crippen molar-refractivity contribution in [3.63, 3.8) is 0 Å². The van der Waals surface area contributed by atoms with Crippen LogP contribution in [0.3, 0.4) is 0 Å². The van der Waals surface area contributed by atoms with Crippen LogP contribution in [0.25, 0.3) is 0 Å². The molecule has 4 heteroatoms. The molecular weight excluding hydrogens is 108 g/mol. The van der Waals surface area contributed by atoms with Crippen molar-refractivity contribution in [2.75, 3.05) is 6.54 Å². The fraction of sp³-hybridized carbons (Fsp3) is 0.750. The van der Waals surface area contributed by atoms with E-state index in [1.165, 1.54) is 0 Å². The number of aliphatic imine (C=N–C) groups is 1. The number of hydrogen-bond donors (Lipinski definition) is 2. The molecule has 2 N–H and O–H groups in total.